The number of rotatable bonds is 9. The van der Waals surface area contributed by atoms with E-state index in [-0.39, 0.29) is 35.5 Å². The van der Waals surface area contributed by atoms with Crippen molar-refractivity contribution in [2.24, 2.45) is 4.99 Å². The third-order valence-electron chi connectivity index (χ3n) is 3.98. The summed E-state index contributed by atoms with van der Waals surface area (Å²) >= 11 is 0. The van der Waals surface area contributed by atoms with Gasteiger partial charge in [-0.15, -0.1) is 24.0 Å². The Hall–Kier alpha value is -1.62. The lowest BCUT2D eigenvalue weighted by atomic mass is 10.1. The summed E-state index contributed by atoms with van der Waals surface area (Å²) in [5.74, 6) is 1.85. The molecule has 0 radical (unpaired) electrons. The number of guanidine groups is 1. The quantitative estimate of drug-likeness (QED) is 0.228. The second-order valence-electron chi connectivity index (χ2n) is 6.66. The lowest BCUT2D eigenvalue weighted by Crippen LogP contribution is -2.37. The molecule has 0 aliphatic carbocycles. The first kappa shape index (κ1) is 24.4. The number of hydrogen-bond donors (Lipinski definition) is 2. The third-order valence-corrected chi connectivity index (χ3v) is 5.66. The summed E-state index contributed by atoms with van der Waals surface area (Å²) in [7, 11) is -1.46. The van der Waals surface area contributed by atoms with Crippen LogP contribution in [0.25, 0.3) is 0 Å². The minimum absolute atomic E-state index is 0. The first-order valence-corrected chi connectivity index (χ1v) is 10.9. The molecule has 0 amide bonds. The molecule has 0 saturated heterocycles. The topological polar surface area (TPSA) is 96.6 Å². The van der Waals surface area contributed by atoms with E-state index in [2.05, 4.69) is 34.6 Å². The Kier molecular flexibility index (Phi) is 10.5. The van der Waals surface area contributed by atoms with Gasteiger partial charge in [-0.3, -0.25) is 4.99 Å². The molecule has 0 spiro atoms. The predicted molar refractivity (Wildman–Crippen MR) is 123 cm³/mol. The molecule has 1 heterocycles. The van der Waals surface area contributed by atoms with Gasteiger partial charge in [-0.2, -0.15) is 0 Å². The molecule has 0 fully saturated rings. The fraction of sp³-hybridized carbons (Fsp3) is 0.474. The summed E-state index contributed by atoms with van der Waals surface area (Å²) in [5, 5.41) is 10.3. The van der Waals surface area contributed by atoms with Crippen molar-refractivity contribution in [3.8, 4) is 0 Å². The lowest BCUT2D eigenvalue weighted by Gasteiger charge is -2.11. The highest BCUT2D eigenvalue weighted by Crippen LogP contribution is 2.13. The average molecular weight is 520 g/mol. The van der Waals surface area contributed by atoms with Crippen LogP contribution in [-0.4, -0.2) is 38.9 Å². The molecule has 7 nitrogen and oxygen atoms in total. The Labute approximate surface area is 184 Å². The van der Waals surface area contributed by atoms with Crippen molar-refractivity contribution in [2.45, 2.75) is 38.5 Å². The van der Waals surface area contributed by atoms with Gasteiger partial charge >= 0.3 is 0 Å². The SMILES string of the molecule is CN=C(NCCCS(=O)(=O)Cc1ccccc1)NCc1cc(C(C)C)no1.I. The number of sulfone groups is 1. The van der Waals surface area contributed by atoms with Gasteiger partial charge in [0.2, 0.25) is 0 Å². The fourth-order valence-corrected chi connectivity index (χ4v) is 3.90. The zero-order chi connectivity index (χ0) is 19.7. The van der Waals surface area contributed by atoms with E-state index in [1.165, 1.54) is 0 Å². The third kappa shape index (κ3) is 8.59. The molecule has 0 aliphatic heterocycles. The maximum absolute atomic E-state index is 12.2. The summed E-state index contributed by atoms with van der Waals surface area (Å²) < 4.78 is 29.7. The highest BCUT2D eigenvalue weighted by Gasteiger charge is 2.12. The van der Waals surface area contributed by atoms with Crippen LogP contribution in [0.4, 0.5) is 0 Å². The van der Waals surface area contributed by atoms with Crippen molar-refractivity contribution in [3.63, 3.8) is 0 Å². The molecule has 2 aromatic rings. The molecule has 2 N–H and O–H groups in total. The van der Waals surface area contributed by atoms with Gasteiger partial charge in [0.05, 0.1) is 23.7 Å². The van der Waals surface area contributed by atoms with E-state index < -0.39 is 9.84 Å². The van der Waals surface area contributed by atoms with Gasteiger partial charge in [-0.1, -0.05) is 49.3 Å². The Balaban J connectivity index is 0.00000392. The second-order valence-corrected chi connectivity index (χ2v) is 8.84. The van der Waals surface area contributed by atoms with Crippen LogP contribution in [-0.2, 0) is 22.1 Å². The van der Waals surface area contributed by atoms with E-state index in [0.29, 0.717) is 31.4 Å². The van der Waals surface area contributed by atoms with Gasteiger partial charge in [0.15, 0.2) is 21.6 Å². The lowest BCUT2D eigenvalue weighted by molar-refractivity contribution is 0.372. The maximum atomic E-state index is 12.2. The van der Waals surface area contributed by atoms with Crippen LogP contribution in [0.1, 0.15) is 43.2 Å². The van der Waals surface area contributed by atoms with E-state index in [9.17, 15) is 8.42 Å². The standard InChI is InChI=1S/C19H28N4O3S.HI/c1-15(2)18-12-17(26-23-18)13-22-19(20-3)21-10-7-11-27(24,25)14-16-8-5-4-6-9-16;/h4-6,8-9,12,15H,7,10-11,13-14H2,1-3H3,(H2,20,21,22);1H. The average Bonchev–Trinajstić information content (AvgIpc) is 3.11. The Morgan fingerprint density at radius 2 is 1.93 bits per heavy atom. The van der Waals surface area contributed by atoms with E-state index in [1.807, 2.05) is 36.4 Å². The number of aromatic nitrogens is 1. The number of nitrogens with zero attached hydrogens (tertiary/aromatic N) is 2. The fourth-order valence-electron chi connectivity index (χ4n) is 2.48. The smallest absolute Gasteiger partial charge is 0.191 e. The number of hydrogen-bond acceptors (Lipinski definition) is 5. The molecule has 2 rings (SSSR count). The molecule has 0 bridgehead atoms. The van der Waals surface area contributed by atoms with Crippen molar-refractivity contribution >= 4 is 39.8 Å². The summed E-state index contributed by atoms with van der Waals surface area (Å²) in [6.45, 7) is 5.09. The molecule has 0 atom stereocenters. The zero-order valence-corrected chi connectivity index (χ0v) is 19.7. The molecule has 9 heteroatoms. The largest absolute Gasteiger partial charge is 0.359 e. The minimum Gasteiger partial charge on any atom is -0.359 e. The molecular formula is C19H29IN4O3S. The summed E-state index contributed by atoms with van der Waals surface area (Å²) in [6.07, 6.45) is 0.510. The molecule has 0 unspecified atom stereocenters. The minimum atomic E-state index is -3.12. The van der Waals surface area contributed by atoms with Crippen LogP contribution in [0.3, 0.4) is 0 Å². The van der Waals surface area contributed by atoms with Crippen molar-refractivity contribution < 1.29 is 12.9 Å². The van der Waals surface area contributed by atoms with Crippen molar-refractivity contribution in [3.05, 3.63) is 53.4 Å². The molecule has 1 aromatic carbocycles. The van der Waals surface area contributed by atoms with Gasteiger partial charge in [0, 0.05) is 19.7 Å². The van der Waals surface area contributed by atoms with Crippen LogP contribution < -0.4 is 10.6 Å². The predicted octanol–water partition coefficient (Wildman–Crippen LogP) is 3.09. The number of benzene rings is 1. The van der Waals surface area contributed by atoms with Crippen molar-refractivity contribution in [1.82, 2.24) is 15.8 Å². The maximum Gasteiger partial charge on any atom is 0.191 e. The van der Waals surface area contributed by atoms with Gasteiger partial charge in [-0.05, 0) is 17.9 Å². The number of nitrogens with one attached hydrogen (secondary N) is 2. The van der Waals surface area contributed by atoms with Crippen LogP contribution in [0, 0.1) is 0 Å². The Morgan fingerprint density at radius 3 is 2.54 bits per heavy atom. The summed E-state index contributed by atoms with van der Waals surface area (Å²) in [5.41, 5.74) is 1.73. The van der Waals surface area contributed by atoms with Gasteiger partial charge in [-0.25, -0.2) is 8.42 Å². The van der Waals surface area contributed by atoms with E-state index >= 15 is 0 Å². The molecule has 0 aliphatic rings. The van der Waals surface area contributed by atoms with Crippen LogP contribution in [0.15, 0.2) is 45.9 Å². The molecule has 1 aromatic heterocycles. The van der Waals surface area contributed by atoms with Gasteiger partial charge in [0.1, 0.15) is 0 Å². The molecule has 28 heavy (non-hydrogen) atoms. The summed E-state index contributed by atoms with van der Waals surface area (Å²) in [4.78, 5) is 4.13. The number of aliphatic imine (C=N–C) groups is 1. The zero-order valence-electron chi connectivity index (χ0n) is 16.5. The highest BCUT2D eigenvalue weighted by atomic mass is 127. The first-order chi connectivity index (χ1) is 12.9. The van der Waals surface area contributed by atoms with Crippen molar-refractivity contribution in [1.29, 1.82) is 0 Å². The van der Waals surface area contributed by atoms with E-state index in [0.717, 1.165) is 17.0 Å². The van der Waals surface area contributed by atoms with Crippen LogP contribution >= 0.6 is 24.0 Å². The molecule has 156 valence electrons. The van der Waals surface area contributed by atoms with E-state index in [4.69, 9.17) is 4.52 Å². The van der Waals surface area contributed by atoms with Crippen molar-refractivity contribution in [2.75, 3.05) is 19.3 Å². The molecule has 0 saturated carbocycles. The number of halogens is 1. The second kappa shape index (κ2) is 12.1. The normalized spacial score (nSPS) is 11.9. The Bertz CT molecular complexity index is 836. The van der Waals surface area contributed by atoms with Crippen LogP contribution in [0.2, 0.25) is 0 Å². The van der Waals surface area contributed by atoms with E-state index in [1.54, 1.807) is 7.05 Å². The summed E-state index contributed by atoms with van der Waals surface area (Å²) in [6, 6.07) is 11.1. The first-order valence-electron chi connectivity index (χ1n) is 9.04. The monoisotopic (exact) mass is 520 g/mol. The Morgan fingerprint density at radius 1 is 1.21 bits per heavy atom. The highest BCUT2D eigenvalue weighted by molar-refractivity contribution is 14.0. The van der Waals surface area contributed by atoms with Gasteiger partial charge in [0.25, 0.3) is 0 Å². The molecular weight excluding hydrogens is 491 g/mol. The van der Waals surface area contributed by atoms with Crippen LogP contribution in [0.5, 0.6) is 0 Å². The van der Waals surface area contributed by atoms with Gasteiger partial charge < -0.3 is 15.2 Å².